The second kappa shape index (κ2) is 7.08. The summed E-state index contributed by atoms with van der Waals surface area (Å²) in [4.78, 5) is 14.2. The molecule has 2 aromatic carbocycles. The van der Waals surface area contributed by atoms with E-state index < -0.39 is 0 Å². The Morgan fingerprint density at radius 1 is 1.27 bits per heavy atom. The van der Waals surface area contributed by atoms with Crippen molar-refractivity contribution >= 4 is 28.6 Å². The second-order valence-corrected chi connectivity index (χ2v) is 7.97. The molecule has 0 fully saturated rings. The molecule has 0 bridgehead atoms. The second-order valence-electron chi connectivity index (χ2n) is 6.49. The van der Waals surface area contributed by atoms with E-state index >= 15 is 0 Å². The summed E-state index contributed by atoms with van der Waals surface area (Å²) in [6.45, 7) is 6.07. The van der Waals surface area contributed by atoms with Crippen molar-refractivity contribution in [1.29, 1.82) is 0 Å². The lowest BCUT2D eigenvalue weighted by molar-refractivity contribution is 0.0941. The minimum Gasteiger partial charge on any atom is -0.494 e. The van der Waals surface area contributed by atoms with Gasteiger partial charge in [0.25, 0.3) is 5.91 Å². The minimum absolute atomic E-state index is 0.0439. The average Bonchev–Trinajstić information content (AvgIpc) is 3.01. The standard InChI is InChI=1S/C21H22N2O2S/c1-3-25-18-9-5-4-7-16(18)12-22-21(24)17-11-15-8-6-10-19-20(15)23(17)13-14(2)26-19/h4-11,14H,3,12-13H2,1-2H3,(H,22,24)/t14-/m0/s1. The molecular weight excluding hydrogens is 344 g/mol. The smallest absolute Gasteiger partial charge is 0.268 e. The Kier molecular flexibility index (Phi) is 4.64. The van der Waals surface area contributed by atoms with E-state index in [0.717, 1.165) is 28.9 Å². The van der Waals surface area contributed by atoms with Crippen molar-refractivity contribution in [2.24, 2.45) is 0 Å². The Bertz CT molecular complexity index is 964. The fraction of sp³-hybridized carbons (Fsp3) is 0.286. The molecule has 0 saturated carbocycles. The predicted molar refractivity (Wildman–Crippen MR) is 106 cm³/mol. The van der Waals surface area contributed by atoms with Crippen LogP contribution in [0.5, 0.6) is 5.75 Å². The topological polar surface area (TPSA) is 43.3 Å². The molecule has 1 aliphatic rings. The van der Waals surface area contributed by atoms with Crippen LogP contribution in [0.4, 0.5) is 0 Å². The maximum atomic E-state index is 12.9. The van der Waals surface area contributed by atoms with Crippen molar-refractivity contribution in [3.63, 3.8) is 0 Å². The molecule has 4 nitrogen and oxygen atoms in total. The average molecular weight is 366 g/mol. The lowest BCUT2D eigenvalue weighted by Gasteiger charge is -2.22. The highest BCUT2D eigenvalue weighted by Crippen LogP contribution is 2.38. The van der Waals surface area contributed by atoms with Gasteiger partial charge < -0.3 is 14.6 Å². The number of hydrogen-bond donors (Lipinski definition) is 1. The first-order valence-corrected chi connectivity index (χ1v) is 9.83. The minimum atomic E-state index is -0.0439. The number of thioether (sulfide) groups is 1. The summed E-state index contributed by atoms with van der Waals surface area (Å²) >= 11 is 1.88. The molecule has 1 atom stereocenters. The van der Waals surface area contributed by atoms with Gasteiger partial charge in [0.1, 0.15) is 11.4 Å². The van der Waals surface area contributed by atoms with Gasteiger partial charge in [-0.1, -0.05) is 37.3 Å². The lowest BCUT2D eigenvalue weighted by atomic mass is 10.2. The number of nitrogens with one attached hydrogen (secondary N) is 1. The van der Waals surface area contributed by atoms with Crippen LogP contribution < -0.4 is 10.1 Å². The van der Waals surface area contributed by atoms with E-state index in [0.29, 0.717) is 18.4 Å². The van der Waals surface area contributed by atoms with Gasteiger partial charge in [-0.3, -0.25) is 4.79 Å². The van der Waals surface area contributed by atoms with Gasteiger partial charge in [-0.25, -0.2) is 0 Å². The Morgan fingerprint density at radius 3 is 2.96 bits per heavy atom. The summed E-state index contributed by atoms with van der Waals surface area (Å²) in [7, 11) is 0. The van der Waals surface area contributed by atoms with Crippen LogP contribution in [0, 0.1) is 0 Å². The van der Waals surface area contributed by atoms with Crippen molar-refractivity contribution < 1.29 is 9.53 Å². The molecule has 1 amide bonds. The van der Waals surface area contributed by atoms with Gasteiger partial charge in [0.05, 0.1) is 12.1 Å². The van der Waals surface area contributed by atoms with E-state index in [1.54, 1.807) is 0 Å². The summed E-state index contributed by atoms with van der Waals surface area (Å²) in [5.74, 6) is 0.779. The first-order chi connectivity index (χ1) is 12.7. The number of aromatic nitrogens is 1. The first-order valence-electron chi connectivity index (χ1n) is 8.95. The van der Waals surface area contributed by atoms with E-state index in [1.807, 2.05) is 49.0 Å². The number of ether oxygens (including phenoxy) is 1. The zero-order valence-corrected chi connectivity index (χ0v) is 15.8. The molecule has 134 valence electrons. The molecule has 0 radical (unpaired) electrons. The fourth-order valence-electron chi connectivity index (χ4n) is 3.49. The molecule has 26 heavy (non-hydrogen) atoms. The molecule has 1 aliphatic heterocycles. The van der Waals surface area contributed by atoms with Crippen molar-refractivity contribution in [2.75, 3.05) is 6.61 Å². The van der Waals surface area contributed by atoms with E-state index in [4.69, 9.17) is 4.74 Å². The molecule has 1 aromatic heterocycles. The number of para-hydroxylation sites is 2. The Balaban J connectivity index is 1.60. The summed E-state index contributed by atoms with van der Waals surface area (Å²) in [6.07, 6.45) is 0. The normalized spacial score (nSPS) is 15.8. The SMILES string of the molecule is CCOc1ccccc1CNC(=O)c1cc2cccc3c2n1C[C@H](C)S3. The van der Waals surface area contributed by atoms with Crippen LogP contribution in [-0.4, -0.2) is 22.3 Å². The van der Waals surface area contributed by atoms with Gasteiger partial charge in [0.2, 0.25) is 0 Å². The number of rotatable bonds is 5. The van der Waals surface area contributed by atoms with Crippen LogP contribution in [0.3, 0.4) is 0 Å². The maximum absolute atomic E-state index is 12.9. The van der Waals surface area contributed by atoms with E-state index in [-0.39, 0.29) is 5.91 Å². The molecule has 0 saturated heterocycles. The van der Waals surface area contributed by atoms with Crippen molar-refractivity contribution in [3.8, 4) is 5.75 Å². The zero-order chi connectivity index (χ0) is 18.1. The van der Waals surface area contributed by atoms with Crippen molar-refractivity contribution in [2.45, 2.75) is 37.1 Å². The van der Waals surface area contributed by atoms with Gasteiger partial charge in [-0.05, 0) is 25.1 Å². The molecule has 3 aromatic rings. The molecule has 5 heteroatoms. The molecular formula is C21H22N2O2S. The quantitative estimate of drug-likeness (QED) is 0.725. The van der Waals surface area contributed by atoms with Crippen LogP contribution in [-0.2, 0) is 13.1 Å². The third kappa shape index (κ3) is 3.07. The molecule has 0 aliphatic carbocycles. The summed E-state index contributed by atoms with van der Waals surface area (Å²) in [6, 6.07) is 16.1. The maximum Gasteiger partial charge on any atom is 0.268 e. The van der Waals surface area contributed by atoms with Gasteiger partial charge in [0.15, 0.2) is 0 Å². The number of hydrogen-bond acceptors (Lipinski definition) is 3. The van der Waals surface area contributed by atoms with Gasteiger partial charge >= 0.3 is 0 Å². The van der Waals surface area contributed by atoms with Crippen LogP contribution in [0.15, 0.2) is 53.4 Å². The number of carbonyl (C=O) groups is 1. The number of amides is 1. The lowest BCUT2D eigenvalue weighted by Crippen LogP contribution is -2.27. The summed E-state index contributed by atoms with van der Waals surface area (Å²) in [5, 5.41) is 4.64. The third-order valence-electron chi connectivity index (χ3n) is 4.60. The summed E-state index contributed by atoms with van der Waals surface area (Å²) in [5.41, 5.74) is 2.89. The Labute approximate surface area is 157 Å². The van der Waals surface area contributed by atoms with E-state index in [2.05, 4.69) is 35.0 Å². The Hall–Kier alpha value is -2.40. The number of nitrogens with zero attached hydrogens (tertiary/aromatic N) is 1. The van der Waals surface area contributed by atoms with Crippen LogP contribution in [0.25, 0.3) is 10.9 Å². The number of carbonyl (C=O) groups excluding carboxylic acids is 1. The summed E-state index contributed by atoms with van der Waals surface area (Å²) < 4.78 is 7.81. The monoisotopic (exact) mass is 366 g/mol. The molecule has 2 heterocycles. The molecule has 0 unspecified atom stereocenters. The highest BCUT2D eigenvalue weighted by atomic mass is 32.2. The number of benzene rings is 2. The van der Waals surface area contributed by atoms with Gasteiger partial charge in [0, 0.05) is 34.2 Å². The third-order valence-corrected chi connectivity index (χ3v) is 5.73. The zero-order valence-electron chi connectivity index (χ0n) is 15.0. The van der Waals surface area contributed by atoms with Crippen LogP contribution >= 0.6 is 11.8 Å². The van der Waals surface area contributed by atoms with Crippen LogP contribution in [0.1, 0.15) is 29.9 Å². The first kappa shape index (κ1) is 17.0. The van der Waals surface area contributed by atoms with Gasteiger partial charge in [-0.2, -0.15) is 0 Å². The Morgan fingerprint density at radius 2 is 2.12 bits per heavy atom. The van der Waals surface area contributed by atoms with Gasteiger partial charge in [-0.15, -0.1) is 11.8 Å². The van der Waals surface area contributed by atoms with Crippen LogP contribution in [0.2, 0.25) is 0 Å². The largest absolute Gasteiger partial charge is 0.494 e. The highest BCUT2D eigenvalue weighted by molar-refractivity contribution is 8.00. The fourth-order valence-corrected chi connectivity index (χ4v) is 4.64. The predicted octanol–water partition coefficient (Wildman–Crippen LogP) is 4.46. The highest BCUT2D eigenvalue weighted by Gasteiger charge is 2.24. The van der Waals surface area contributed by atoms with Crippen molar-refractivity contribution in [3.05, 3.63) is 59.8 Å². The van der Waals surface area contributed by atoms with E-state index in [1.165, 1.54) is 10.4 Å². The van der Waals surface area contributed by atoms with E-state index in [9.17, 15) is 4.79 Å². The molecule has 4 rings (SSSR count). The molecule has 1 N–H and O–H groups in total. The molecule has 0 spiro atoms. The van der Waals surface area contributed by atoms with Crippen molar-refractivity contribution in [1.82, 2.24) is 9.88 Å².